The van der Waals surface area contributed by atoms with Crippen LogP contribution in [0.15, 0.2) is 30.5 Å². The van der Waals surface area contributed by atoms with Gasteiger partial charge in [0.2, 0.25) is 0 Å². The molecule has 0 spiro atoms. The molecule has 1 aromatic carbocycles. The summed E-state index contributed by atoms with van der Waals surface area (Å²) in [6.07, 6.45) is 1.85. The van der Waals surface area contributed by atoms with E-state index in [4.69, 9.17) is 0 Å². The number of ether oxygens (including phenoxy) is 1. The summed E-state index contributed by atoms with van der Waals surface area (Å²) in [6.45, 7) is 0. The minimum absolute atomic E-state index is 0.372. The topological polar surface area (TPSA) is 48.3 Å². The Balaban J connectivity index is 2.64. The van der Waals surface area contributed by atoms with Crippen molar-refractivity contribution >= 4 is 22.7 Å². The molecular weight excluding hydrogens is 206 g/mol. The molecule has 0 N–H and O–H groups in total. The molecule has 2 aromatic rings. The summed E-state index contributed by atoms with van der Waals surface area (Å²) in [7, 11) is 3.03. The Morgan fingerprint density at radius 2 is 2.00 bits per heavy atom. The Bertz CT molecular complexity index is 569. The van der Waals surface area contributed by atoms with Gasteiger partial charge in [-0.1, -0.05) is 12.1 Å². The molecule has 0 aliphatic carbocycles. The van der Waals surface area contributed by atoms with E-state index in [1.165, 1.54) is 7.11 Å². The Morgan fingerprint density at radius 1 is 1.25 bits per heavy atom. The molecule has 1 aromatic heterocycles. The van der Waals surface area contributed by atoms with Gasteiger partial charge in [0.1, 0.15) is 0 Å². The number of carbonyl (C=O) groups is 2. The minimum Gasteiger partial charge on any atom is -0.463 e. The third-order valence-electron chi connectivity index (χ3n) is 2.51. The standard InChI is InChI=1S/C12H11NO3/c1-13-7-6-8-4-3-5-9(10(8)13)11(14)12(15)16-2/h3-7H,1-2H3. The van der Waals surface area contributed by atoms with Gasteiger partial charge in [0, 0.05) is 18.6 Å². The highest BCUT2D eigenvalue weighted by molar-refractivity contribution is 6.42. The highest BCUT2D eigenvalue weighted by Gasteiger charge is 2.20. The lowest BCUT2D eigenvalue weighted by Crippen LogP contribution is -2.16. The van der Waals surface area contributed by atoms with Crippen molar-refractivity contribution in [2.24, 2.45) is 7.05 Å². The van der Waals surface area contributed by atoms with Crippen LogP contribution in [0.25, 0.3) is 10.9 Å². The van der Waals surface area contributed by atoms with Gasteiger partial charge in [-0.3, -0.25) is 4.79 Å². The van der Waals surface area contributed by atoms with Crippen LogP contribution in [0, 0.1) is 0 Å². The molecule has 0 unspecified atom stereocenters. The quantitative estimate of drug-likeness (QED) is 0.435. The summed E-state index contributed by atoms with van der Waals surface area (Å²) < 4.78 is 6.25. The van der Waals surface area contributed by atoms with Gasteiger partial charge in [-0.15, -0.1) is 0 Å². The van der Waals surface area contributed by atoms with E-state index in [9.17, 15) is 9.59 Å². The predicted octanol–water partition coefficient (Wildman–Crippen LogP) is 1.53. The average molecular weight is 217 g/mol. The summed E-state index contributed by atoms with van der Waals surface area (Å²) >= 11 is 0. The lowest BCUT2D eigenvalue weighted by molar-refractivity contribution is -0.135. The van der Waals surface area contributed by atoms with Crippen molar-refractivity contribution in [1.82, 2.24) is 4.57 Å². The van der Waals surface area contributed by atoms with Crippen LogP contribution in [0.2, 0.25) is 0 Å². The van der Waals surface area contributed by atoms with Crippen molar-refractivity contribution in [2.75, 3.05) is 7.11 Å². The number of rotatable bonds is 2. The second-order valence-electron chi connectivity index (χ2n) is 3.49. The molecule has 4 heteroatoms. The third kappa shape index (κ3) is 1.48. The Kier molecular flexibility index (Phi) is 2.48. The van der Waals surface area contributed by atoms with E-state index in [-0.39, 0.29) is 0 Å². The summed E-state index contributed by atoms with van der Waals surface area (Å²) in [5, 5.41) is 0.928. The zero-order valence-corrected chi connectivity index (χ0v) is 9.06. The van der Waals surface area contributed by atoms with E-state index in [1.54, 1.807) is 12.1 Å². The van der Waals surface area contributed by atoms with Crippen LogP contribution in [0.3, 0.4) is 0 Å². The van der Waals surface area contributed by atoms with Crippen LogP contribution in [-0.2, 0) is 16.6 Å². The van der Waals surface area contributed by atoms with Crippen molar-refractivity contribution in [3.8, 4) is 0 Å². The first-order valence-corrected chi connectivity index (χ1v) is 4.82. The molecule has 82 valence electrons. The molecule has 0 aliphatic rings. The van der Waals surface area contributed by atoms with Gasteiger partial charge in [0.05, 0.1) is 18.2 Å². The van der Waals surface area contributed by atoms with E-state index in [0.29, 0.717) is 5.56 Å². The summed E-state index contributed by atoms with van der Waals surface area (Å²) in [4.78, 5) is 23.0. The minimum atomic E-state index is -0.839. The normalized spacial score (nSPS) is 10.4. The second kappa shape index (κ2) is 3.81. The zero-order valence-electron chi connectivity index (χ0n) is 9.06. The average Bonchev–Trinajstić information content (AvgIpc) is 2.69. The largest absolute Gasteiger partial charge is 0.463 e. The number of ketones is 1. The highest BCUT2D eigenvalue weighted by Crippen LogP contribution is 2.20. The molecule has 0 radical (unpaired) electrons. The molecule has 16 heavy (non-hydrogen) atoms. The van der Waals surface area contributed by atoms with E-state index >= 15 is 0 Å². The van der Waals surface area contributed by atoms with Gasteiger partial charge in [-0.05, 0) is 12.1 Å². The SMILES string of the molecule is COC(=O)C(=O)c1cccc2ccn(C)c12. The van der Waals surface area contributed by atoms with Gasteiger partial charge in [0.15, 0.2) is 0 Å². The third-order valence-corrected chi connectivity index (χ3v) is 2.51. The van der Waals surface area contributed by atoms with E-state index in [2.05, 4.69) is 4.74 Å². The molecule has 0 saturated heterocycles. The predicted molar refractivity (Wildman–Crippen MR) is 59.3 cm³/mol. The van der Waals surface area contributed by atoms with Gasteiger partial charge in [-0.2, -0.15) is 0 Å². The maximum absolute atomic E-state index is 11.8. The van der Waals surface area contributed by atoms with Crippen molar-refractivity contribution in [3.63, 3.8) is 0 Å². The molecule has 0 aliphatic heterocycles. The maximum atomic E-state index is 11.8. The van der Waals surface area contributed by atoms with E-state index in [1.807, 2.05) is 29.9 Å². The number of hydrogen-bond acceptors (Lipinski definition) is 3. The number of para-hydroxylation sites is 1. The number of methoxy groups -OCH3 is 1. The number of carbonyl (C=O) groups excluding carboxylic acids is 2. The van der Waals surface area contributed by atoms with Crippen molar-refractivity contribution in [3.05, 3.63) is 36.0 Å². The first kappa shape index (κ1) is 10.4. The molecule has 2 rings (SSSR count). The lowest BCUT2D eigenvalue weighted by Gasteiger charge is -2.03. The van der Waals surface area contributed by atoms with Gasteiger partial charge >= 0.3 is 5.97 Å². The van der Waals surface area contributed by atoms with Gasteiger partial charge < -0.3 is 9.30 Å². The zero-order chi connectivity index (χ0) is 11.7. The van der Waals surface area contributed by atoms with Crippen LogP contribution >= 0.6 is 0 Å². The molecule has 0 atom stereocenters. The second-order valence-corrected chi connectivity index (χ2v) is 3.49. The van der Waals surface area contributed by atoms with E-state index in [0.717, 1.165) is 10.9 Å². The number of fused-ring (bicyclic) bond motifs is 1. The van der Waals surface area contributed by atoms with Crippen molar-refractivity contribution < 1.29 is 14.3 Å². The summed E-state index contributed by atoms with van der Waals surface area (Å²) in [5.41, 5.74) is 1.12. The molecule has 4 nitrogen and oxygen atoms in total. The van der Waals surface area contributed by atoms with E-state index < -0.39 is 11.8 Å². The smallest absolute Gasteiger partial charge is 0.379 e. The van der Waals surface area contributed by atoms with Crippen LogP contribution in [0.5, 0.6) is 0 Å². The fraction of sp³-hybridized carbons (Fsp3) is 0.167. The number of aromatic nitrogens is 1. The first-order valence-electron chi connectivity index (χ1n) is 4.82. The van der Waals surface area contributed by atoms with Crippen LogP contribution in [0.1, 0.15) is 10.4 Å². The van der Waals surface area contributed by atoms with Crippen LogP contribution < -0.4 is 0 Å². The highest BCUT2D eigenvalue weighted by atomic mass is 16.5. The number of benzene rings is 1. The first-order chi connectivity index (χ1) is 7.65. The van der Waals surface area contributed by atoms with Gasteiger partial charge in [-0.25, -0.2) is 4.79 Å². The number of Topliss-reactive ketones (excluding diaryl/α,β-unsaturated/α-hetero) is 1. The molecule has 0 amide bonds. The summed E-state index contributed by atoms with van der Waals surface area (Å²) in [5.74, 6) is -1.45. The fourth-order valence-electron chi connectivity index (χ4n) is 1.74. The van der Waals surface area contributed by atoms with Crippen LogP contribution in [0.4, 0.5) is 0 Å². The van der Waals surface area contributed by atoms with Crippen LogP contribution in [-0.4, -0.2) is 23.4 Å². The van der Waals surface area contributed by atoms with Crippen molar-refractivity contribution in [1.29, 1.82) is 0 Å². The molecule has 0 saturated carbocycles. The number of hydrogen-bond donors (Lipinski definition) is 0. The monoisotopic (exact) mass is 217 g/mol. The Morgan fingerprint density at radius 3 is 2.69 bits per heavy atom. The number of nitrogens with zero attached hydrogens (tertiary/aromatic N) is 1. The Labute approximate surface area is 92.4 Å². The molecule has 0 bridgehead atoms. The maximum Gasteiger partial charge on any atom is 0.379 e. The Hall–Kier alpha value is -2.10. The van der Waals surface area contributed by atoms with Crippen molar-refractivity contribution in [2.45, 2.75) is 0 Å². The molecule has 1 heterocycles. The number of aryl methyl sites for hydroxylation is 1. The fourth-order valence-corrected chi connectivity index (χ4v) is 1.74. The number of esters is 1. The molecule has 0 fully saturated rings. The molecular formula is C12H11NO3. The summed E-state index contributed by atoms with van der Waals surface area (Å²) in [6, 6.07) is 7.16. The van der Waals surface area contributed by atoms with Gasteiger partial charge in [0.25, 0.3) is 5.78 Å². The lowest BCUT2D eigenvalue weighted by atomic mass is 10.1.